The molecule has 7 heteroatoms. The number of carboxylic acid groups (broad SMARTS) is 1. The van der Waals surface area contributed by atoms with Gasteiger partial charge in [0.15, 0.2) is 5.72 Å². The molecule has 2 aliphatic rings. The number of carbonyl (C=O) groups excluding carboxylic acids is 2. The molecule has 1 atom stereocenters. The molecule has 0 aromatic carbocycles. The summed E-state index contributed by atoms with van der Waals surface area (Å²) in [7, 11) is 0. The van der Waals surface area contributed by atoms with Crippen LogP contribution in [0.3, 0.4) is 0 Å². The molecule has 2 rings (SSSR count). The summed E-state index contributed by atoms with van der Waals surface area (Å²) in [5.41, 5.74) is 0.141. The number of rotatable bonds is 5. The van der Waals surface area contributed by atoms with Gasteiger partial charge in [-0.3, -0.25) is 14.4 Å². The maximum Gasteiger partial charge on any atom is 0.303 e. The summed E-state index contributed by atoms with van der Waals surface area (Å²) >= 11 is 0. The number of carboxylic acids is 1. The van der Waals surface area contributed by atoms with Crippen LogP contribution in [0, 0.1) is 0 Å². The Kier molecular flexibility index (Phi) is 4.24. The van der Waals surface area contributed by atoms with Crippen LogP contribution in [0.15, 0.2) is 46.7 Å². The van der Waals surface area contributed by atoms with Crippen molar-refractivity contribution in [2.24, 2.45) is 0 Å². The van der Waals surface area contributed by atoms with E-state index in [0.29, 0.717) is 22.4 Å². The van der Waals surface area contributed by atoms with Gasteiger partial charge in [-0.15, -0.1) is 0 Å². The summed E-state index contributed by atoms with van der Waals surface area (Å²) < 4.78 is 0. The Morgan fingerprint density at radius 3 is 2.52 bits per heavy atom. The van der Waals surface area contributed by atoms with E-state index in [0.717, 1.165) is 0 Å². The van der Waals surface area contributed by atoms with Crippen LogP contribution >= 0.6 is 0 Å². The lowest BCUT2D eigenvalue weighted by atomic mass is 9.98. The lowest BCUT2D eigenvalue weighted by Crippen LogP contribution is -2.43. The molecule has 7 nitrogen and oxygen atoms in total. The van der Waals surface area contributed by atoms with Gasteiger partial charge >= 0.3 is 5.97 Å². The van der Waals surface area contributed by atoms with Crippen molar-refractivity contribution in [2.45, 2.75) is 32.4 Å². The molecule has 0 saturated heterocycles. The molecular formula is C16H18N2O5. The molecule has 0 fully saturated rings. The van der Waals surface area contributed by atoms with Gasteiger partial charge in [0, 0.05) is 28.8 Å². The topological polar surface area (TPSA) is 116 Å². The average molecular weight is 318 g/mol. The van der Waals surface area contributed by atoms with E-state index in [4.69, 9.17) is 5.11 Å². The van der Waals surface area contributed by atoms with Crippen molar-refractivity contribution in [3.05, 3.63) is 46.7 Å². The zero-order chi connectivity index (χ0) is 17.4. The predicted octanol–water partition coefficient (Wildman–Crippen LogP) is 0.502. The number of hydrogen-bond acceptors (Lipinski definition) is 4. The molecule has 0 aliphatic carbocycles. The molecule has 0 saturated carbocycles. The summed E-state index contributed by atoms with van der Waals surface area (Å²) in [6, 6.07) is 0. The van der Waals surface area contributed by atoms with Crippen LogP contribution in [0.1, 0.15) is 26.7 Å². The van der Waals surface area contributed by atoms with Crippen molar-refractivity contribution >= 4 is 17.8 Å². The molecular weight excluding hydrogens is 300 g/mol. The van der Waals surface area contributed by atoms with Crippen LogP contribution in [0.25, 0.3) is 0 Å². The number of aliphatic hydroxyl groups is 1. The maximum absolute atomic E-state index is 12.0. The van der Waals surface area contributed by atoms with Gasteiger partial charge in [-0.05, 0) is 31.9 Å². The molecule has 0 bridgehead atoms. The van der Waals surface area contributed by atoms with Gasteiger partial charge in [0.1, 0.15) is 0 Å². The fourth-order valence-corrected chi connectivity index (χ4v) is 2.61. The molecule has 4 N–H and O–H groups in total. The molecule has 0 spiro atoms. The van der Waals surface area contributed by atoms with E-state index in [2.05, 4.69) is 17.2 Å². The number of hydrogen-bond donors (Lipinski definition) is 4. The number of allylic oxidation sites excluding steroid dienone is 1. The third kappa shape index (κ3) is 2.95. The minimum absolute atomic E-state index is 0.0219. The second kappa shape index (κ2) is 5.85. The predicted molar refractivity (Wildman–Crippen MR) is 81.8 cm³/mol. The van der Waals surface area contributed by atoms with Crippen molar-refractivity contribution in [1.82, 2.24) is 10.6 Å². The van der Waals surface area contributed by atoms with E-state index < -0.39 is 17.6 Å². The second-order valence-electron chi connectivity index (χ2n) is 5.47. The van der Waals surface area contributed by atoms with Crippen LogP contribution in [0.4, 0.5) is 0 Å². The summed E-state index contributed by atoms with van der Waals surface area (Å²) in [4.78, 5) is 34.4. The number of carbonyl (C=O) groups is 3. The Balaban J connectivity index is 2.38. The van der Waals surface area contributed by atoms with Crippen molar-refractivity contribution in [3.63, 3.8) is 0 Å². The first-order valence-electron chi connectivity index (χ1n) is 7.04. The molecule has 23 heavy (non-hydrogen) atoms. The van der Waals surface area contributed by atoms with E-state index in [1.807, 2.05) is 0 Å². The van der Waals surface area contributed by atoms with Gasteiger partial charge in [0.25, 0.3) is 5.91 Å². The summed E-state index contributed by atoms with van der Waals surface area (Å²) in [5.74, 6) is -1.84. The highest BCUT2D eigenvalue weighted by atomic mass is 16.4. The first kappa shape index (κ1) is 16.7. The Labute approximate surface area is 133 Å². The first-order valence-corrected chi connectivity index (χ1v) is 7.04. The van der Waals surface area contributed by atoms with Gasteiger partial charge in [-0.25, -0.2) is 0 Å². The molecule has 2 amide bonds. The Bertz CT molecular complexity index is 714. The van der Waals surface area contributed by atoms with Crippen molar-refractivity contribution in [1.29, 1.82) is 0 Å². The molecule has 1 unspecified atom stereocenters. The summed E-state index contributed by atoms with van der Waals surface area (Å²) in [5, 5.41) is 24.5. The summed E-state index contributed by atoms with van der Waals surface area (Å²) in [6.07, 6.45) is 2.64. The van der Waals surface area contributed by atoms with E-state index in [1.165, 1.54) is 12.2 Å². The lowest BCUT2D eigenvalue weighted by molar-refractivity contribution is -0.137. The standard InChI is InChI=1S/C16H18N2O5/c1-4-10-8(2)14(21)17-12(10)7-16(23)9(3)11(15(22)18-16)5-6-13(19)20/h4,7,23H,1,5-6H2,2-3H3,(H,17,21)(H,18,22)(H,19,20)/b12-7-. The van der Waals surface area contributed by atoms with Crippen LogP contribution in [-0.4, -0.2) is 33.7 Å². The maximum atomic E-state index is 12.0. The van der Waals surface area contributed by atoms with Crippen molar-refractivity contribution < 1.29 is 24.6 Å². The van der Waals surface area contributed by atoms with Crippen molar-refractivity contribution in [2.75, 3.05) is 0 Å². The molecule has 122 valence electrons. The highest BCUT2D eigenvalue weighted by Gasteiger charge is 2.40. The van der Waals surface area contributed by atoms with Crippen LogP contribution in [-0.2, 0) is 14.4 Å². The lowest BCUT2D eigenvalue weighted by Gasteiger charge is -2.22. The fraction of sp³-hybridized carbons (Fsp3) is 0.312. The number of aliphatic carboxylic acids is 1. The Morgan fingerprint density at radius 1 is 1.30 bits per heavy atom. The van der Waals surface area contributed by atoms with Crippen molar-refractivity contribution in [3.8, 4) is 0 Å². The molecule has 0 aromatic rings. The largest absolute Gasteiger partial charge is 0.481 e. The molecule has 0 aromatic heterocycles. The SMILES string of the molecule is C=CC1=C(C)C(=O)N/C1=C\C1(O)NC(=O)C(CCC(=O)O)=C1C. The zero-order valence-electron chi connectivity index (χ0n) is 12.9. The summed E-state index contributed by atoms with van der Waals surface area (Å²) in [6.45, 7) is 6.81. The third-order valence-electron chi connectivity index (χ3n) is 4.03. The fourth-order valence-electron chi connectivity index (χ4n) is 2.61. The van der Waals surface area contributed by atoms with Gasteiger partial charge in [0.2, 0.25) is 5.91 Å². The van der Waals surface area contributed by atoms with E-state index >= 15 is 0 Å². The van der Waals surface area contributed by atoms with E-state index in [9.17, 15) is 19.5 Å². The third-order valence-corrected chi connectivity index (χ3v) is 4.03. The minimum atomic E-state index is -1.77. The van der Waals surface area contributed by atoms with Crippen LogP contribution < -0.4 is 10.6 Å². The Hall–Kier alpha value is -2.67. The highest BCUT2D eigenvalue weighted by molar-refractivity contribution is 6.01. The molecule has 2 heterocycles. The monoisotopic (exact) mass is 318 g/mol. The number of nitrogens with one attached hydrogen (secondary N) is 2. The van der Waals surface area contributed by atoms with Gasteiger partial charge < -0.3 is 20.8 Å². The smallest absolute Gasteiger partial charge is 0.303 e. The first-order chi connectivity index (χ1) is 10.7. The van der Waals surface area contributed by atoms with Crippen LogP contribution in [0.5, 0.6) is 0 Å². The minimum Gasteiger partial charge on any atom is -0.481 e. The van der Waals surface area contributed by atoms with Gasteiger partial charge in [0.05, 0.1) is 0 Å². The normalized spacial score (nSPS) is 26.0. The Morgan fingerprint density at radius 2 is 1.96 bits per heavy atom. The quantitative estimate of drug-likeness (QED) is 0.589. The van der Waals surface area contributed by atoms with E-state index in [1.54, 1.807) is 13.8 Å². The molecule has 0 radical (unpaired) electrons. The second-order valence-corrected chi connectivity index (χ2v) is 5.47. The highest BCUT2D eigenvalue weighted by Crippen LogP contribution is 2.32. The zero-order valence-corrected chi connectivity index (χ0v) is 12.9. The van der Waals surface area contributed by atoms with E-state index in [-0.39, 0.29) is 24.3 Å². The van der Waals surface area contributed by atoms with Gasteiger partial charge in [-0.1, -0.05) is 12.7 Å². The molecule has 2 aliphatic heterocycles. The van der Waals surface area contributed by atoms with Crippen LogP contribution in [0.2, 0.25) is 0 Å². The average Bonchev–Trinajstić information content (AvgIpc) is 2.83. The number of amides is 2. The van der Waals surface area contributed by atoms with Gasteiger partial charge in [-0.2, -0.15) is 0 Å².